The minimum atomic E-state index is -0.197. The van der Waals surface area contributed by atoms with E-state index >= 15 is 0 Å². The van der Waals surface area contributed by atoms with Gasteiger partial charge in [-0.05, 0) is 68.2 Å². The number of benzene rings is 4. The van der Waals surface area contributed by atoms with E-state index in [-0.39, 0.29) is 11.7 Å². The van der Waals surface area contributed by atoms with Crippen LogP contribution in [-0.4, -0.2) is 25.0 Å². The number of hydrogen-bond acceptors (Lipinski definition) is 6. The number of thioether (sulfide) groups is 1. The first kappa shape index (κ1) is 25.3. The van der Waals surface area contributed by atoms with Gasteiger partial charge in [0.05, 0.1) is 35.2 Å². The molecular weight excluding hydrogens is 538 g/mol. The standard InChI is InChI=1S/C28H22BrN3O3S/c1-34-25-14-21(13-24(29)28(25)35-17-20-11-9-19(15-30)10-12-20)16-31-32-27(33)18-36-26-8-4-6-22-5-2-3-7-23(22)26/h2-14,16H,17-18H2,1H3,(H,32,33)/b31-16+. The van der Waals surface area contributed by atoms with Crippen LogP contribution in [0.3, 0.4) is 0 Å². The Hall–Kier alpha value is -3.80. The zero-order chi connectivity index (χ0) is 25.3. The normalized spacial score (nSPS) is 10.8. The summed E-state index contributed by atoms with van der Waals surface area (Å²) in [5.41, 5.74) is 4.83. The number of methoxy groups -OCH3 is 1. The molecule has 0 aliphatic heterocycles. The fraction of sp³-hybridized carbons (Fsp3) is 0.107. The molecule has 4 aromatic carbocycles. The minimum absolute atomic E-state index is 0.197. The predicted octanol–water partition coefficient (Wildman–Crippen LogP) is 6.30. The number of halogens is 1. The van der Waals surface area contributed by atoms with Crippen molar-refractivity contribution in [2.24, 2.45) is 5.10 Å². The third-order valence-corrected chi connectivity index (χ3v) is 6.89. The van der Waals surface area contributed by atoms with E-state index < -0.39 is 0 Å². The van der Waals surface area contributed by atoms with Crippen LogP contribution in [0.25, 0.3) is 10.8 Å². The average molecular weight is 560 g/mol. The summed E-state index contributed by atoms with van der Waals surface area (Å²) in [5, 5.41) is 15.3. The van der Waals surface area contributed by atoms with Crippen molar-refractivity contribution < 1.29 is 14.3 Å². The molecule has 0 aliphatic rings. The third kappa shape index (κ3) is 6.45. The maximum absolute atomic E-state index is 12.3. The summed E-state index contributed by atoms with van der Waals surface area (Å²) in [6, 6.07) is 27.1. The molecular formula is C28H22BrN3O3S. The van der Waals surface area contributed by atoms with Crippen molar-refractivity contribution in [3.8, 4) is 17.6 Å². The summed E-state index contributed by atoms with van der Waals surface area (Å²) in [5.74, 6) is 1.13. The molecule has 1 amide bonds. The fourth-order valence-electron chi connectivity index (χ4n) is 3.46. The Bertz CT molecular complexity index is 1440. The highest BCUT2D eigenvalue weighted by Gasteiger charge is 2.12. The van der Waals surface area contributed by atoms with Gasteiger partial charge in [0.15, 0.2) is 11.5 Å². The Morgan fingerprint density at radius 3 is 2.67 bits per heavy atom. The van der Waals surface area contributed by atoms with E-state index in [1.54, 1.807) is 31.5 Å². The van der Waals surface area contributed by atoms with Crippen LogP contribution < -0.4 is 14.9 Å². The highest BCUT2D eigenvalue weighted by Crippen LogP contribution is 2.37. The average Bonchev–Trinajstić information content (AvgIpc) is 2.91. The summed E-state index contributed by atoms with van der Waals surface area (Å²) in [6.45, 7) is 0.318. The maximum atomic E-state index is 12.3. The van der Waals surface area contributed by atoms with E-state index in [1.165, 1.54) is 11.8 Å². The Labute approximate surface area is 222 Å². The summed E-state index contributed by atoms with van der Waals surface area (Å²) in [4.78, 5) is 13.4. The zero-order valence-corrected chi connectivity index (χ0v) is 21.8. The van der Waals surface area contributed by atoms with Crippen LogP contribution in [-0.2, 0) is 11.4 Å². The number of carbonyl (C=O) groups excluding carboxylic acids is 1. The lowest BCUT2D eigenvalue weighted by atomic mass is 10.1. The summed E-state index contributed by atoms with van der Waals surface area (Å²) >= 11 is 5.00. The predicted molar refractivity (Wildman–Crippen MR) is 147 cm³/mol. The number of rotatable bonds is 9. The van der Waals surface area contributed by atoms with Gasteiger partial charge in [-0.2, -0.15) is 10.4 Å². The van der Waals surface area contributed by atoms with Gasteiger partial charge in [0.2, 0.25) is 5.91 Å². The van der Waals surface area contributed by atoms with Crippen molar-refractivity contribution >= 4 is 50.6 Å². The van der Waals surface area contributed by atoms with E-state index in [2.05, 4.69) is 50.7 Å². The van der Waals surface area contributed by atoms with Crippen molar-refractivity contribution in [3.63, 3.8) is 0 Å². The van der Waals surface area contributed by atoms with Gasteiger partial charge in [0, 0.05) is 4.90 Å². The lowest BCUT2D eigenvalue weighted by Crippen LogP contribution is -2.19. The first-order chi connectivity index (χ1) is 17.6. The number of nitrogens with one attached hydrogen (secondary N) is 1. The number of amides is 1. The first-order valence-corrected chi connectivity index (χ1v) is 12.8. The Morgan fingerprint density at radius 1 is 1.11 bits per heavy atom. The Morgan fingerprint density at radius 2 is 1.89 bits per heavy atom. The number of carbonyl (C=O) groups is 1. The largest absolute Gasteiger partial charge is 0.493 e. The highest BCUT2D eigenvalue weighted by atomic mass is 79.9. The number of nitrogens with zero attached hydrogens (tertiary/aromatic N) is 2. The van der Waals surface area contributed by atoms with Crippen molar-refractivity contribution in [1.82, 2.24) is 5.43 Å². The quantitative estimate of drug-likeness (QED) is 0.148. The van der Waals surface area contributed by atoms with Gasteiger partial charge in [0.25, 0.3) is 0 Å². The number of fused-ring (bicyclic) bond motifs is 1. The topological polar surface area (TPSA) is 83.7 Å². The second-order valence-electron chi connectivity index (χ2n) is 7.69. The molecule has 0 spiro atoms. The van der Waals surface area contributed by atoms with Gasteiger partial charge >= 0.3 is 0 Å². The molecule has 180 valence electrons. The van der Waals surface area contributed by atoms with Crippen LogP contribution in [0.4, 0.5) is 0 Å². The molecule has 0 bridgehead atoms. The van der Waals surface area contributed by atoms with E-state index in [1.807, 2.05) is 42.5 Å². The highest BCUT2D eigenvalue weighted by molar-refractivity contribution is 9.10. The van der Waals surface area contributed by atoms with Crippen LogP contribution in [0.1, 0.15) is 16.7 Å². The van der Waals surface area contributed by atoms with E-state index in [4.69, 9.17) is 14.7 Å². The molecule has 0 aromatic heterocycles. The van der Waals surface area contributed by atoms with Crippen molar-refractivity contribution in [3.05, 3.63) is 100 Å². The van der Waals surface area contributed by atoms with Gasteiger partial charge < -0.3 is 9.47 Å². The molecule has 0 fully saturated rings. The molecule has 0 saturated heterocycles. The van der Waals surface area contributed by atoms with Gasteiger partial charge in [0.1, 0.15) is 6.61 Å². The molecule has 0 unspecified atom stereocenters. The van der Waals surface area contributed by atoms with Crippen LogP contribution in [0.2, 0.25) is 0 Å². The molecule has 0 radical (unpaired) electrons. The molecule has 0 saturated carbocycles. The fourth-order valence-corrected chi connectivity index (χ4v) is 4.90. The van der Waals surface area contributed by atoms with Crippen molar-refractivity contribution in [1.29, 1.82) is 5.26 Å². The van der Waals surface area contributed by atoms with Crippen LogP contribution in [0.15, 0.2) is 93.3 Å². The molecule has 4 aromatic rings. The number of hydrazone groups is 1. The first-order valence-electron chi connectivity index (χ1n) is 11.0. The zero-order valence-electron chi connectivity index (χ0n) is 19.4. The molecule has 6 nitrogen and oxygen atoms in total. The summed E-state index contributed by atoms with van der Waals surface area (Å²) < 4.78 is 12.1. The van der Waals surface area contributed by atoms with Crippen LogP contribution in [0.5, 0.6) is 11.5 Å². The second-order valence-corrected chi connectivity index (χ2v) is 9.56. The molecule has 4 rings (SSSR count). The van der Waals surface area contributed by atoms with E-state index in [0.29, 0.717) is 28.1 Å². The lowest BCUT2D eigenvalue weighted by Gasteiger charge is -2.13. The number of ether oxygens (including phenoxy) is 2. The third-order valence-electron chi connectivity index (χ3n) is 5.23. The van der Waals surface area contributed by atoms with Crippen LogP contribution >= 0.6 is 27.7 Å². The van der Waals surface area contributed by atoms with Gasteiger partial charge in [-0.15, -0.1) is 11.8 Å². The molecule has 0 atom stereocenters. The minimum Gasteiger partial charge on any atom is -0.493 e. The molecule has 8 heteroatoms. The SMILES string of the molecule is COc1cc(/C=N/NC(=O)CSc2cccc3ccccc23)cc(Br)c1OCc1ccc(C#N)cc1. The summed E-state index contributed by atoms with van der Waals surface area (Å²) in [7, 11) is 1.56. The molecule has 36 heavy (non-hydrogen) atoms. The Balaban J connectivity index is 1.35. The number of hydrogen-bond donors (Lipinski definition) is 1. The van der Waals surface area contributed by atoms with E-state index in [9.17, 15) is 4.79 Å². The maximum Gasteiger partial charge on any atom is 0.250 e. The summed E-state index contributed by atoms with van der Waals surface area (Å²) in [6.07, 6.45) is 1.55. The molecule has 0 heterocycles. The van der Waals surface area contributed by atoms with Crippen molar-refractivity contribution in [2.45, 2.75) is 11.5 Å². The second kappa shape index (κ2) is 12.2. The molecule has 1 N–H and O–H groups in total. The lowest BCUT2D eigenvalue weighted by molar-refractivity contribution is -0.118. The molecule has 0 aliphatic carbocycles. The Kier molecular flexibility index (Phi) is 8.61. The van der Waals surface area contributed by atoms with Crippen LogP contribution in [0, 0.1) is 11.3 Å². The van der Waals surface area contributed by atoms with Gasteiger partial charge in [-0.3, -0.25) is 4.79 Å². The van der Waals surface area contributed by atoms with E-state index in [0.717, 1.165) is 26.8 Å². The smallest absolute Gasteiger partial charge is 0.250 e. The number of nitriles is 1. The van der Waals surface area contributed by atoms with Crippen molar-refractivity contribution in [2.75, 3.05) is 12.9 Å². The monoisotopic (exact) mass is 559 g/mol. The van der Waals surface area contributed by atoms with Gasteiger partial charge in [-0.1, -0.05) is 48.5 Å². The van der Waals surface area contributed by atoms with Gasteiger partial charge in [-0.25, -0.2) is 5.43 Å².